The molecule has 2 unspecified atom stereocenters. The maximum Gasteiger partial charge on any atom is 0.222 e. The molecule has 0 bridgehead atoms. The van der Waals surface area contributed by atoms with Crippen LogP contribution in [0.3, 0.4) is 0 Å². The van der Waals surface area contributed by atoms with Gasteiger partial charge in [0.1, 0.15) is 0 Å². The van der Waals surface area contributed by atoms with Crippen LogP contribution in [0, 0.1) is 0 Å². The van der Waals surface area contributed by atoms with Gasteiger partial charge in [0, 0.05) is 24.0 Å². The van der Waals surface area contributed by atoms with Crippen LogP contribution in [0.15, 0.2) is 54.6 Å². The highest BCUT2D eigenvalue weighted by Crippen LogP contribution is 2.20. The Morgan fingerprint density at radius 3 is 2.58 bits per heavy atom. The normalized spacial score (nSPS) is 17.8. The third-order valence-corrected chi connectivity index (χ3v) is 4.57. The average molecular weight is 395 g/mol. The summed E-state index contributed by atoms with van der Waals surface area (Å²) in [7, 11) is 0. The molecule has 2 atom stereocenters. The average Bonchev–Trinajstić information content (AvgIpc) is 2.64. The van der Waals surface area contributed by atoms with Gasteiger partial charge in [-0.05, 0) is 29.7 Å². The van der Waals surface area contributed by atoms with Crippen molar-refractivity contribution in [2.45, 2.75) is 24.9 Å². The van der Waals surface area contributed by atoms with Crippen LogP contribution in [0.4, 0.5) is 0 Å². The quantitative estimate of drug-likeness (QED) is 0.787. The van der Waals surface area contributed by atoms with Gasteiger partial charge < -0.3 is 15.4 Å². The van der Waals surface area contributed by atoms with Crippen molar-refractivity contribution in [2.24, 2.45) is 0 Å². The van der Waals surface area contributed by atoms with E-state index in [2.05, 4.69) is 10.6 Å². The fourth-order valence-corrected chi connectivity index (χ4v) is 3.15. The van der Waals surface area contributed by atoms with E-state index >= 15 is 0 Å². The fourth-order valence-electron chi connectivity index (χ4n) is 3.02. The molecule has 1 aliphatic heterocycles. The van der Waals surface area contributed by atoms with Gasteiger partial charge in [-0.2, -0.15) is 0 Å². The molecule has 3 rings (SSSR count). The summed E-state index contributed by atoms with van der Waals surface area (Å²) in [5.74, 6) is 0.0332. The maximum absolute atomic E-state index is 12.5. The highest BCUT2D eigenvalue weighted by Gasteiger charge is 2.20. The van der Waals surface area contributed by atoms with Gasteiger partial charge >= 0.3 is 0 Å². The van der Waals surface area contributed by atoms with E-state index in [9.17, 15) is 4.79 Å². The van der Waals surface area contributed by atoms with Crippen molar-refractivity contribution in [3.8, 4) is 0 Å². The van der Waals surface area contributed by atoms with Gasteiger partial charge in [-0.3, -0.25) is 4.79 Å². The first kappa shape index (κ1) is 20.7. The van der Waals surface area contributed by atoms with Crippen LogP contribution < -0.4 is 10.6 Å². The first-order valence-electron chi connectivity index (χ1n) is 8.60. The lowest BCUT2D eigenvalue weighted by molar-refractivity contribution is -0.123. The van der Waals surface area contributed by atoms with Gasteiger partial charge in [0.25, 0.3) is 0 Å². The Kier molecular flexibility index (Phi) is 8.39. The van der Waals surface area contributed by atoms with Crippen LogP contribution in [0.2, 0.25) is 5.02 Å². The first-order valence-corrected chi connectivity index (χ1v) is 8.98. The van der Waals surface area contributed by atoms with Crippen molar-refractivity contribution >= 4 is 29.9 Å². The summed E-state index contributed by atoms with van der Waals surface area (Å²) in [6.45, 7) is 2.09. The van der Waals surface area contributed by atoms with Crippen LogP contribution in [0.5, 0.6) is 0 Å². The highest BCUT2D eigenvalue weighted by atomic mass is 35.5. The fraction of sp³-hybridized carbons (Fsp3) is 0.350. The molecule has 26 heavy (non-hydrogen) atoms. The molecule has 1 aliphatic rings. The molecule has 0 radical (unpaired) electrons. The molecule has 4 nitrogen and oxygen atoms in total. The van der Waals surface area contributed by atoms with Gasteiger partial charge in [0.2, 0.25) is 5.91 Å². The lowest BCUT2D eigenvalue weighted by atomic mass is 9.98. The number of carbonyl (C=O) groups is 1. The molecule has 2 N–H and O–H groups in total. The van der Waals surface area contributed by atoms with E-state index in [0.29, 0.717) is 24.7 Å². The van der Waals surface area contributed by atoms with Crippen LogP contribution in [0.25, 0.3) is 0 Å². The molecular formula is C20H24Cl2N2O2. The number of carbonyl (C=O) groups excluding carboxylic acids is 1. The molecule has 1 heterocycles. The summed E-state index contributed by atoms with van der Waals surface area (Å²) >= 11 is 5.97. The van der Waals surface area contributed by atoms with Gasteiger partial charge in [0.05, 0.1) is 19.3 Å². The van der Waals surface area contributed by atoms with Crippen molar-refractivity contribution in [1.29, 1.82) is 0 Å². The standard InChI is InChI=1S/C20H23ClN2O2.ClH/c21-17-8-6-15(7-9-17)12-19(16-4-2-1-3-5-16)23-20(24)13-18-14-25-11-10-22-18;/h1-9,18-19,22H,10-14H2,(H,23,24);1H. The van der Waals surface area contributed by atoms with Crippen molar-refractivity contribution in [3.63, 3.8) is 0 Å². The van der Waals surface area contributed by atoms with Gasteiger partial charge in [0.15, 0.2) is 0 Å². The SMILES string of the molecule is Cl.O=C(CC1COCCN1)NC(Cc1ccc(Cl)cc1)c1ccccc1. The topological polar surface area (TPSA) is 50.4 Å². The summed E-state index contributed by atoms with van der Waals surface area (Å²) in [5, 5.41) is 7.21. The molecule has 1 saturated heterocycles. The number of rotatable bonds is 6. The second-order valence-electron chi connectivity index (χ2n) is 6.29. The largest absolute Gasteiger partial charge is 0.378 e. The summed E-state index contributed by atoms with van der Waals surface area (Å²) < 4.78 is 5.42. The molecule has 0 saturated carbocycles. The Bertz CT molecular complexity index is 674. The zero-order valence-electron chi connectivity index (χ0n) is 14.5. The number of morpholine rings is 1. The molecule has 1 amide bonds. The molecule has 140 valence electrons. The third kappa shape index (κ3) is 6.29. The van der Waals surface area contributed by atoms with E-state index in [0.717, 1.165) is 24.1 Å². The number of amides is 1. The zero-order chi connectivity index (χ0) is 17.5. The Morgan fingerprint density at radius 2 is 1.92 bits per heavy atom. The highest BCUT2D eigenvalue weighted by molar-refractivity contribution is 6.30. The molecule has 2 aromatic rings. The van der Waals surface area contributed by atoms with E-state index in [1.54, 1.807) is 0 Å². The summed E-state index contributed by atoms with van der Waals surface area (Å²) in [6, 6.07) is 17.8. The lowest BCUT2D eigenvalue weighted by Crippen LogP contribution is -2.44. The van der Waals surface area contributed by atoms with E-state index in [1.165, 1.54) is 0 Å². The second-order valence-corrected chi connectivity index (χ2v) is 6.73. The minimum Gasteiger partial charge on any atom is -0.378 e. The van der Waals surface area contributed by atoms with E-state index in [-0.39, 0.29) is 30.4 Å². The molecule has 0 aliphatic carbocycles. The molecule has 1 fully saturated rings. The van der Waals surface area contributed by atoms with Crippen molar-refractivity contribution < 1.29 is 9.53 Å². The number of ether oxygens (including phenoxy) is 1. The van der Waals surface area contributed by atoms with Crippen LogP contribution in [0.1, 0.15) is 23.6 Å². The molecular weight excluding hydrogens is 371 g/mol. The third-order valence-electron chi connectivity index (χ3n) is 4.32. The number of benzene rings is 2. The molecule has 2 aromatic carbocycles. The number of nitrogens with one attached hydrogen (secondary N) is 2. The molecule has 0 aromatic heterocycles. The predicted octanol–water partition coefficient (Wildman–Crippen LogP) is 3.54. The van der Waals surface area contributed by atoms with Crippen LogP contribution >= 0.6 is 24.0 Å². The van der Waals surface area contributed by atoms with Crippen molar-refractivity contribution in [2.75, 3.05) is 19.8 Å². The van der Waals surface area contributed by atoms with Gasteiger partial charge in [-0.15, -0.1) is 12.4 Å². The Balaban J connectivity index is 0.00000243. The number of hydrogen-bond donors (Lipinski definition) is 2. The van der Waals surface area contributed by atoms with Crippen LogP contribution in [-0.4, -0.2) is 31.7 Å². The minimum atomic E-state index is -0.0700. The first-order chi connectivity index (χ1) is 12.2. The monoisotopic (exact) mass is 394 g/mol. The summed E-state index contributed by atoms with van der Waals surface area (Å²) in [5.41, 5.74) is 2.23. The smallest absolute Gasteiger partial charge is 0.222 e. The second kappa shape index (κ2) is 10.5. The lowest BCUT2D eigenvalue weighted by Gasteiger charge is -2.25. The van der Waals surface area contributed by atoms with E-state index < -0.39 is 0 Å². The number of hydrogen-bond acceptors (Lipinski definition) is 3. The van der Waals surface area contributed by atoms with Crippen molar-refractivity contribution in [1.82, 2.24) is 10.6 Å². The van der Waals surface area contributed by atoms with Crippen LogP contribution in [-0.2, 0) is 16.0 Å². The van der Waals surface area contributed by atoms with Crippen molar-refractivity contribution in [3.05, 3.63) is 70.7 Å². The summed E-state index contributed by atoms with van der Waals surface area (Å²) in [4.78, 5) is 12.5. The zero-order valence-corrected chi connectivity index (χ0v) is 16.1. The van der Waals surface area contributed by atoms with E-state index in [1.807, 2.05) is 54.6 Å². The van der Waals surface area contributed by atoms with E-state index in [4.69, 9.17) is 16.3 Å². The maximum atomic E-state index is 12.5. The summed E-state index contributed by atoms with van der Waals surface area (Å²) in [6.07, 6.45) is 1.14. The predicted molar refractivity (Wildman–Crippen MR) is 107 cm³/mol. The van der Waals surface area contributed by atoms with Gasteiger partial charge in [-0.25, -0.2) is 0 Å². The molecule has 0 spiro atoms. The Hall–Kier alpha value is -1.59. The minimum absolute atomic E-state index is 0. The Labute approximate surface area is 165 Å². The molecule has 6 heteroatoms. The van der Waals surface area contributed by atoms with Gasteiger partial charge in [-0.1, -0.05) is 54.1 Å². The number of halogens is 2. The Morgan fingerprint density at radius 1 is 1.19 bits per heavy atom.